The number of para-hydroxylation sites is 1. The average molecular weight is 261 g/mol. The number of aromatic nitrogens is 2. The molecule has 0 radical (unpaired) electrons. The number of pyridine rings is 2. The van der Waals surface area contributed by atoms with Gasteiger partial charge in [-0.05, 0) is 30.3 Å². The minimum atomic E-state index is 0.535. The second-order valence-corrected chi connectivity index (χ2v) is 4.73. The van der Waals surface area contributed by atoms with E-state index in [1.165, 1.54) is 5.69 Å². The van der Waals surface area contributed by atoms with Crippen LogP contribution in [0.1, 0.15) is 0 Å². The monoisotopic (exact) mass is 261 g/mol. The van der Waals surface area contributed by atoms with Crippen LogP contribution in [0.3, 0.4) is 0 Å². The van der Waals surface area contributed by atoms with Gasteiger partial charge in [0.15, 0.2) is 6.20 Å². The first-order valence-electron chi connectivity index (χ1n) is 6.59. The molecule has 0 amide bonds. The van der Waals surface area contributed by atoms with Gasteiger partial charge in [0, 0.05) is 23.9 Å². The number of hydrogen-bond acceptors (Lipinski definition) is 2. The summed E-state index contributed by atoms with van der Waals surface area (Å²) < 4.78 is 8.06. The zero-order chi connectivity index (χ0) is 13.4. The Balaban J connectivity index is 1.95. The molecule has 0 unspecified atom stereocenters. The first kappa shape index (κ1) is 11.2. The third-order valence-corrected chi connectivity index (χ3v) is 3.52. The molecule has 0 spiro atoms. The molecule has 4 rings (SSSR count). The van der Waals surface area contributed by atoms with Crippen LogP contribution in [0, 0.1) is 0 Å². The molecule has 0 aliphatic carbocycles. The van der Waals surface area contributed by atoms with Crippen LogP contribution in [-0.4, -0.2) is 4.98 Å². The quantitative estimate of drug-likeness (QED) is 0.629. The first-order valence-corrected chi connectivity index (χ1v) is 6.59. The van der Waals surface area contributed by atoms with Gasteiger partial charge in [0.1, 0.15) is 5.75 Å². The van der Waals surface area contributed by atoms with Crippen LogP contribution in [-0.2, 0) is 6.73 Å². The molecule has 3 aromatic rings. The average Bonchev–Trinajstić information content (AvgIpc) is 2.55. The summed E-state index contributed by atoms with van der Waals surface area (Å²) in [6.07, 6.45) is 3.84. The molecule has 0 saturated carbocycles. The Bertz CT molecular complexity index is 755. The van der Waals surface area contributed by atoms with Crippen molar-refractivity contribution in [3.63, 3.8) is 0 Å². The van der Waals surface area contributed by atoms with Crippen LogP contribution in [0.25, 0.3) is 22.5 Å². The van der Waals surface area contributed by atoms with E-state index in [9.17, 15) is 0 Å². The highest BCUT2D eigenvalue weighted by molar-refractivity contribution is 5.79. The van der Waals surface area contributed by atoms with Crippen LogP contribution >= 0.6 is 0 Å². The van der Waals surface area contributed by atoms with Gasteiger partial charge in [0.25, 0.3) is 6.73 Å². The Hall–Kier alpha value is -2.68. The van der Waals surface area contributed by atoms with E-state index in [0.717, 1.165) is 22.6 Å². The van der Waals surface area contributed by atoms with Gasteiger partial charge in [-0.1, -0.05) is 12.1 Å². The lowest BCUT2D eigenvalue weighted by Gasteiger charge is -2.18. The van der Waals surface area contributed by atoms with E-state index < -0.39 is 0 Å². The molecule has 20 heavy (non-hydrogen) atoms. The van der Waals surface area contributed by atoms with Crippen molar-refractivity contribution in [1.82, 2.24) is 4.98 Å². The van der Waals surface area contributed by atoms with Gasteiger partial charge in [-0.15, -0.1) is 0 Å². The van der Waals surface area contributed by atoms with E-state index in [2.05, 4.69) is 33.8 Å². The van der Waals surface area contributed by atoms with Gasteiger partial charge in [0.2, 0.25) is 5.69 Å². The highest BCUT2D eigenvalue weighted by Crippen LogP contribution is 2.38. The fourth-order valence-electron chi connectivity index (χ4n) is 2.59. The molecule has 2 aromatic heterocycles. The molecular formula is C17H13N2O+. The minimum Gasteiger partial charge on any atom is -0.434 e. The van der Waals surface area contributed by atoms with Crippen molar-refractivity contribution in [2.24, 2.45) is 0 Å². The molecule has 1 aliphatic heterocycles. The van der Waals surface area contributed by atoms with Crippen LogP contribution in [0.15, 0.2) is 67.0 Å². The lowest BCUT2D eigenvalue weighted by molar-refractivity contribution is -0.717. The summed E-state index contributed by atoms with van der Waals surface area (Å²) >= 11 is 0. The van der Waals surface area contributed by atoms with Gasteiger partial charge in [-0.3, -0.25) is 4.98 Å². The summed E-state index contributed by atoms with van der Waals surface area (Å²) in [5, 5.41) is 0. The SMILES string of the molecule is c1ccc(-c2cccc3c2OC[n+]2ccccc2-3)nc1. The number of fused-ring (bicyclic) bond motifs is 3. The Labute approximate surface area is 117 Å². The van der Waals surface area contributed by atoms with Crippen molar-refractivity contribution in [2.45, 2.75) is 6.73 Å². The van der Waals surface area contributed by atoms with Gasteiger partial charge in [-0.2, -0.15) is 4.57 Å². The van der Waals surface area contributed by atoms with E-state index in [1.807, 2.05) is 36.5 Å². The minimum absolute atomic E-state index is 0.535. The Morgan fingerprint density at radius 1 is 0.900 bits per heavy atom. The zero-order valence-electron chi connectivity index (χ0n) is 10.9. The van der Waals surface area contributed by atoms with Crippen molar-refractivity contribution in [1.29, 1.82) is 0 Å². The lowest BCUT2D eigenvalue weighted by Crippen LogP contribution is -2.41. The summed E-state index contributed by atoms with van der Waals surface area (Å²) in [4.78, 5) is 4.43. The molecular weight excluding hydrogens is 248 g/mol. The van der Waals surface area contributed by atoms with E-state index in [0.29, 0.717) is 6.73 Å². The molecule has 3 heterocycles. The van der Waals surface area contributed by atoms with Crippen molar-refractivity contribution in [3.8, 4) is 28.3 Å². The van der Waals surface area contributed by atoms with E-state index in [-0.39, 0.29) is 0 Å². The van der Waals surface area contributed by atoms with Crippen molar-refractivity contribution >= 4 is 0 Å². The van der Waals surface area contributed by atoms with Gasteiger partial charge in [-0.25, -0.2) is 0 Å². The molecule has 0 atom stereocenters. The molecule has 0 N–H and O–H groups in total. The van der Waals surface area contributed by atoms with Crippen LogP contribution in [0.4, 0.5) is 0 Å². The number of nitrogens with zero attached hydrogens (tertiary/aromatic N) is 2. The predicted octanol–water partition coefficient (Wildman–Crippen LogP) is 3.05. The summed E-state index contributed by atoms with van der Waals surface area (Å²) in [6, 6.07) is 18.3. The summed E-state index contributed by atoms with van der Waals surface area (Å²) in [6.45, 7) is 0.535. The summed E-state index contributed by atoms with van der Waals surface area (Å²) in [5.74, 6) is 0.914. The molecule has 0 fully saturated rings. The maximum atomic E-state index is 5.96. The van der Waals surface area contributed by atoms with E-state index in [1.54, 1.807) is 6.20 Å². The third-order valence-electron chi connectivity index (χ3n) is 3.52. The summed E-state index contributed by atoms with van der Waals surface area (Å²) in [5.41, 5.74) is 4.26. The maximum absolute atomic E-state index is 5.96. The molecule has 3 heteroatoms. The topological polar surface area (TPSA) is 26.0 Å². The normalized spacial score (nSPS) is 12.2. The standard InChI is InChI=1S/C17H13N2O/c1-3-10-18-15(8-1)13-6-5-7-14-16-9-2-4-11-19(16)12-20-17(13)14/h1-11H,12H2/q+1. The van der Waals surface area contributed by atoms with E-state index in [4.69, 9.17) is 4.74 Å². The predicted molar refractivity (Wildman–Crippen MR) is 75.9 cm³/mol. The van der Waals surface area contributed by atoms with Crippen LogP contribution < -0.4 is 9.30 Å². The second-order valence-electron chi connectivity index (χ2n) is 4.73. The smallest absolute Gasteiger partial charge is 0.292 e. The molecule has 96 valence electrons. The van der Waals surface area contributed by atoms with Gasteiger partial charge >= 0.3 is 0 Å². The zero-order valence-corrected chi connectivity index (χ0v) is 10.9. The van der Waals surface area contributed by atoms with Crippen molar-refractivity contribution < 1.29 is 9.30 Å². The first-order chi connectivity index (χ1) is 9.93. The maximum Gasteiger partial charge on any atom is 0.292 e. The molecule has 0 bridgehead atoms. The number of rotatable bonds is 1. The number of benzene rings is 1. The summed E-state index contributed by atoms with van der Waals surface area (Å²) in [7, 11) is 0. The number of ether oxygens (including phenoxy) is 1. The third kappa shape index (κ3) is 1.67. The highest BCUT2D eigenvalue weighted by atomic mass is 16.5. The Morgan fingerprint density at radius 3 is 2.70 bits per heavy atom. The molecule has 3 nitrogen and oxygen atoms in total. The highest BCUT2D eigenvalue weighted by Gasteiger charge is 2.25. The van der Waals surface area contributed by atoms with Gasteiger partial charge in [0.05, 0.1) is 11.3 Å². The Kier molecular flexibility index (Phi) is 2.49. The molecule has 0 saturated heterocycles. The molecule has 1 aromatic carbocycles. The second kappa shape index (κ2) is 4.46. The van der Waals surface area contributed by atoms with Crippen LogP contribution in [0.2, 0.25) is 0 Å². The van der Waals surface area contributed by atoms with E-state index >= 15 is 0 Å². The van der Waals surface area contributed by atoms with Crippen molar-refractivity contribution in [2.75, 3.05) is 0 Å². The molecule has 1 aliphatic rings. The van der Waals surface area contributed by atoms with Crippen LogP contribution in [0.5, 0.6) is 5.75 Å². The fourth-order valence-corrected chi connectivity index (χ4v) is 2.59. The fraction of sp³-hybridized carbons (Fsp3) is 0.0588. The number of hydrogen-bond donors (Lipinski definition) is 0. The van der Waals surface area contributed by atoms with Gasteiger partial charge < -0.3 is 4.74 Å². The Morgan fingerprint density at radius 2 is 1.80 bits per heavy atom. The van der Waals surface area contributed by atoms with Crippen molar-refractivity contribution in [3.05, 3.63) is 67.0 Å². The lowest BCUT2D eigenvalue weighted by atomic mass is 10.0. The largest absolute Gasteiger partial charge is 0.434 e.